The van der Waals surface area contributed by atoms with E-state index in [9.17, 15) is 4.79 Å². The van der Waals surface area contributed by atoms with Crippen LogP contribution in [-0.4, -0.2) is 11.2 Å². The second kappa shape index (κ2) is 11.4. The average Bonchev–Trinajstić information content (AvgIpc) is 2.29. The summed E-state index contributed by atoms with van der Waals surface area (Å²) in [5.41, 5.74) is 0. The van der Waals surface area contributed by atoms with Gasteiger partial charge in [-0.15, -0.1) is 11.6 Å². The number of carbonyl (C=O) groups excluding carboxylic acids is 1. The number of hydrogen-bond acceptors (Lipinski definition) is 1. The van der Waals surface area contributed by atoms with Crippen LogP contribution in [0.4, 0.5) is 0 Å². The molecule has 0 N–H and O–H groups in total. The van der Waals surface area contributed by atoms with Crippen LogP contribution < -0.4 is 0 Å². The summed E-state index contributed by atoms with van der Waals surface area (Å²) in [6.07, 6.45) is 11.0. The van der Waals surface area contributed by atoms with E-state index >= 15 is 0 Å². The van der Waals surface area contributed by atoms with Crippen LogP contribution in [0.2, 0.25) is 0 Å². The van der Waals surface area contributed by atoms with Crippen LogP contribution in [0.5, 0.6) is 0 Å². The zero-order valence-corrected chi connectivity index (χ0v) is 11.7. The van der Waals surface area contributed by atoms with Crippen molar-refractivity contribution in [2.45, 2.75) is 83.4 Å². The topological polar surface area (TPSA) is 17.1 Å². The predicted octanol–water partition coefficient (Wildman–Crippen LogP) is 5.10. The van der Waals surface area contributed by atoms with E-state index in [1.807, 2.05) is 0 Å². The van der Waals surface area contributed by atoms with Crippen molar-refractivity contribution in [1.82, 2.24) is 0 Å². The van der Waals surface area contributed by atoms with Gasteiger partial charge in [0, 0.05) is 6.42 Å². The van der Waals surface area contributed by atoms with E-state index in [1.54, 1.807) is 0 Å². The van der Waals surface area contributed by atoms with Crippen molar-refractivity contribution in [3.05, 3.63) is 0 Å². The summed E-state index contributed by atoms with van der Waals surface area (Å²) in [6, 6.07) is 0. The Morgan fingerprint density at radius 1 is 0.938 bits per heavy atom. The van der Waals surface area contributed by atoms with Gasteiger partial charge in [-0.3, -0.25) is 4.79 Å². The molecule has 0 aromatic rings. The van der Waals surface area contributed by atoms with Crippen molar-refractivity contribution in [2.24, 2.45) is 0 Å². The number of hydrogen-bond donors (Lipinski definition) is 0. The summed E-state index contributed by atoms with van der Waals surface area (Å²) in [7, 11) is 0. The third-order valence-electron chi connectivity index (χ3n) is 2.94. The average molecular weight is 247 g/mol. The Bertz CT molecular complexity index is 168. The Labute approximate surface area is 106 Å². The highest BCUT2D eigenvalue weighted by molar-refractivity contribution is 6.31. The molecule has 0 saturated heterocycles. The number of halogens is 1. The van der Waals surface area contributed by atoms with Crippen molar-refractivity contribution in [2.75, 3.05) is 0 Å². The maximum atomic E-state index is 11.6. The van der Waals surface area contributed by atoms with Gasteiger partial charge in [0.25, 0.3) is 0 Å². The van der Waals surface area contributed by atoms with Crippen molar-refractivity contribution >= 4 is 17.4 Å². The molecule has 0 bridgehead atoms. The molecule has 1 atom stereocenters. The van der Waals surface area contributed by atoms with Crippen LogP contribution in [0.25, 0.3) is 0 Å². The van der Waals surface area contributed by atoms with Gasteiger partial charge in [-0.25, -0.2) is 0 Å². The Morgan fingerprint density at radius 3 is 2.06 bits per heavy atom. The van der Waals surface area contributed by atoms with Gasteiger partial charge in [0.2, 0.25) is 0 Å². The van der Waals surface area contributed by atoms with Gasteiger partial charge < -0.3 is 0 Å². The summed E-state index contributed by atoms with van der Waals surface area (Å²) < 4.78 is 0. The first kappa shape index (κ1) is 16.0. The first-order valence-corrected chi connectivity index (χ1v) is 7.32. The third-order valence-corrected chi connectivity index (χ3v) is 3.40. The number of Topliss-reactive ketones (excluding diaryl/α,β-unsaturated/α-hetero) is 1. The molecule has 0 heterocycles. The first-order chi connectivity index (χ1) is 7.72. The zero-order valence-electron chi connectivity index (χ0n) is 10.9. The molecule has 0 aromatic carbocycles. The minimum atomic E-state index is -0.224. The van der Waals surface area contributed by atoms with Crippen LogP contribution in [0, 0.1) is 0 Å². The van der Waals surface area contributed by atoms with Crippen LogP contribution >= 0.6 is 11.6 Å². The van der Waals surface area contributed by atoms with Gasteiger partial charge >= 0.3 is 0 Å². The van der Waals surface area contributed by atoms with Gasteiger partial charge in [-0.05, 0) is 12.8 Å². The number of ketones is 1. The molecule has 0 aliphatic carbocycles. The molecular formula is C14H27ClO. The number of unbranched alkanes of at least 4 members (excludes halogenated alkanes) is 6. The van der Waals surface area contributed by atoms with Crippen molar-refractivity contribution in [3.8, 4) is 0 Å². The van der Waals surface area contributed by atoms with Gasteiger partial charge in [0.05, 0.1) is 5.38 Å². The van der Waals surface area contributed by atoms with Crippen LogP contribution in [0.15, 0.2) is 0 Å². The maximum absolute atomic E-state index is 11.6. The quantitative estimate of drug-likeness (QED) is 0.366. The fourth-order valence-electron chi connectivity index (χ4n) is 1.79. The molecular weight excluding hydrogens is 220 g/mol. The molecule has 0 amide bonds. The fraction of sp³-hybridized carbons (Fsp3) is 0.929. The summed E-state index contributed by atoms with van der Waals surface area (Å²) in [4.78, 5) is 11.6. The number of alkyl halides is 1. The highest BCUT2D eigenvalue weighted by Crippen LogP contribution is 2.14. The van der Waals surface area contributed by atoms with E-state index < -0.39 is 0 Å². The molecule has 1 unspecified atom stereocenters. The summed E-state index contributed by atoms with van der Waals surface area (Å²) >= 11 is 6.07. The van der Waals surface area contributed by atoms with E-state index in [2.05, 4.69) is 13.8 Å². The second-order valence-electron chi connectivity index (χ2n) is 4.59. The van der Waals surface area contributed by atoms with E-state index in [4.69, 9.17) is 11.6 Å². The smallest absolute Gasteiger partial charge is 0.150 e. The molecule has 2 heteroatoms. The lowest BCUT2D eigenvalue weighted by atomic mass is 10.0. The summed E-state index contributed by atoms with van der Waals surface area (Å²) in [6.45, 7) is 4.37. The highest BCUT2D eigenvalue weighted by atomic mass is 35.5. The molecule has 0 rings (SSSR count). The molecule has 96 valence electrons. The number of carbonyl (C=O) groups is 1. The van der Waals surface area contributed by atoms with Gasteiger partial charge in [-0.2, -0.15) is 0 Å². The largest absolute Gasteiger partial charge is 0.298 e. The van der Waals surface area contributed by atoms with E-state index in [0.717, 1.165) is 19.3 Å². The van der Waals surface area contributed by atoms with Crippen molar-refractivity contribution in [1.29, 1.82) is 0 Å². The second-order valence-corrected chi connectivity index (χ2v) is 5.12. The Hall–Kier alpha value is -0.0400. The van der Waals surface area contributed by atoms with E-state index in [1.165, 1.54) is 38.5 Å². The fourth-order valence-corrected chi connectivity index (χ4v) is 2.06. The molecule has 0 fully saturated rings. The SMILES string of the molecule is CCCCCCC(=O)C(Cl)CCCCCC. The maximum Gasteiger partial charge on any atom is 0.150 e. The first-order valence-electron chi connectivity index (χ1n) is 6.89. The minimum Gasteiger partial charge on any atom is -0.298 e. The van der Waals surface area contributed by atoms with Gasteiger partial charge in [0.15, 0.2) is 5.78 Å². The predicted molar refractivity (Wildman–Crippen MR) is 72.2 cm³/mol. The Kier molecular flexibility index (Phi) is 11.4. The monoisotopic (exact) mass is 246 g/mol. The standard InChI is InChI=1S/C14H27ClO/c1-3-5-7-9-11-13(15)14(16)12-10-8-6-4-2/h13H,3-12H2,1-2H3. The van der Waals surface area contributed by atoms with Crippen LogP contribution in [0.1, 0.15) is 78.1 Å². The highest BCUT2D eigenvalue weighted by Gasteiger charge is 2.13. The molecule has 0 aromatic heterocycles. The number of rotatable bonds is 11. The summed E-state index contributed by atoms with van der Waals surface area (Å²) in [5, 5.41) is -0.224. The lowest BCUT2D eigenvalue weighted by Gasteiger charge is -2.08. The molecule has 16 heavy (non-hydrogen) atoms. The van der Waals surface area contributed by atoms with Gasteiger partial charge in [0.1, 0.15) is 0 Å². The Morgan fingerprint density at radius 2 is 1.50 bits per heavy atom. The third kappa shape index (κ3) is 9.21. The lowest BCUT2D eigenvalue weighted by Crippen LogP contribution is -2.14. The van der Waals surface area contributed by atoms with E-state index in [0.29, 0.717) is 6.42 Å². The normalized spacial score (nSPS) is 12.7. The molecule has 0 spiro atoms. The zero-order chi connectivity index (χ0) is 12.2. The molecule has 0 aliphatic heterocycles. The molecule has 0 saturated carbocycles. The van der Waals surface area contributed by atoms with Crippen LogP contribution in [0.3, 0.4) is 0 Å². The summed E-state index contributed by atoms with van der Waals surface area (Å²) in [5.74, 6) is 0.259. The van der Waals surface area contributed by atoms with Crippen LogP contribution in [-0.2, 0) is 4.79 Å². The molecule has 0 radical (unpaired) electrons. The van der Waals surface area contributed by atoms with Gasteiger partial charge in [-0.1, -0.05) is 58.8 Å². The van der Waals surface area contributed by atoms with Crippen molar-refractivity contribution < 1.29 is 4.79 Å². The van der Waals surface area contributed by atoms with E-state index in [-0.39, 0.29) is 11.2 Å². The Balaban J connectivity index is 3.42. The molecule has 1 nitrogen and oxygen atoms in total. The lowest BCUT2D eigenvalue weighted by molar-refractivity contribution is -0.119. The van der Waals surface area contributed by atoms with Crippen molar-refractivity contribution in [3.63, 3.8) is 0 Å². The molecule has 0 aliphatic rings. The minimum absolute atomic E-state index is 0.224.